The second-order valence-electron chi connectivity index (χ2n) is 8.52. The average molecular weight is 489 g/mol. The van der Waals surface area contributed by atoms with Crippen molar-refractivity contribution in [3.05, 3.63) is 69.5 Å². The number of hydrogen-bond acceptors (Lipinski definition) is 3. The summed E-state index contributed by atoms with van der Waals surface area (Å²) >= 11 is 13.0. The molecule has 2 heterocycles. The number of aromatic nitrogens is 1. The lowest BCUT2D eigenvalue weighted by Crippen LogP contribution is -2.28. The molecule has 0 radical (unpaired) electrons. The number of rotatable bonds is 13. The molecule has 4 nitrogen and oxygen atoms in total. The van der Waals surface area contributed by atoms with Crippen LogP contribution in [0.25, 0.3) is 5.52 Å². The number of pyridine rings is 1. The van der Waals surface area contributed by atoms with Gasteiger partial charge in [0, 0.05) is 23.8 Å². The van der Waals surface area contributed by atoms with E-state index in [2.05, 4.69) is 18.7 Å². The number of carbonyl (C=O) groups excluding carboxylic acids is 1. The maximum Gasteiger partial charge on any atom is 0.210 e. The van der Waals surface area contributed by atoms with Crippen molar-refractivity contribution < 1.29 is 9.53 Å². The maximum atomic E-state index is 13.3. The molecule has 0 aliphatic heterocycles. The van der Waals surface area contributed by atoms with Gasteiger partial charge in [0.1, 0.15) is 0 Å². The predicted octanol–water partition coefficient (Wildman–Crippen LogP) is 7.46. The zero-order chi connectivity index (χ0) is 23.8. The second-order valence-corrected chi connectivity index (χ2v) is 9.33. The first-order valence-corrected chi connectivity index (χ1v) is 12.7. The topological polar surface area (TPSA) is 34.0 Å². The standard InChI is InChI=1S/C27H34Cl2N2O2/c1-4-6-12-30(13-7-5-2)14-10-16-33-27-23(28)18-21(19-24(27)29)26(32)25-20(3)17-22-11-8-9-15-31(22)25/h8-9,11,15,17-19H,4-7,10,12-14,16H2,1-3H3. The zero-order valence-corrected chi connectivity index (χ0v) is 21.4. The first kappa shape index (κ1) is 25.6. The predicted molar refractivity (Wildman–Crippen MR) is 138 cm³/mol. The number of aryl methyl sites for hydroxylation is 1. The van der Waals surface area contributed by atoms with Gasteiger partial charge in [-0.15, -0.1) is 0 Å². The van der Waals surface area contributed by atoms with Crippen LogP contribution in [0.4, 0.5) is 0 Å². The van der Waals surface area contributed by atoms with Gasteiger partial charge in [-0.2, -0.15) is 0 Å². The van der Waals surface area contributed by atoms with E-state index in [1.807, 2.05) is 41.8 Å². The number of ketones is 1. The molecule has 0 aliphatic carbocycles. The molecule has 0 unspecified atom stereocenters. The summed E-state index contributed by atoms with van der Waals surface area (Å²) in [5.74, 6) is 0.330. The summed E-state index contributed by atoms with van der Waals surface area (Å²) in [5, 5.41) is 0.719. The minimum Gasteiger partial charge on any atom is -0.490 e. The van der Waals surface area contributed by atoms with Gasteiger partial charge in [-0.1, -0.05) is 56.0 Å². The molecule has 3 rings (SSSR count). The molecule has 0 saturated carbocycles. The summed E-state index contributed by atoms with van der Waals surface area (Å²) in [4.78, 5) is 15.8. The van der Waals surface area contributed by atoms with Crippen LogP contribution in [-0.2, 0) is 0 Å². The van der Waals surface area contributed by atoms with E-state index in [0.717, 1.165) is 37.1 Å². The van der Waals surface area contributed by atoms with Crippen molar-refractivity contribution in [2.45, 2.75) is 52.9 Å². The average Bonchev–Trinajstić information content (AvgIpc) is 3.14. The van der Waals surface area contributed by atoms with Gasteiger partial charge in [0.2, 0.25) is 5.78 Å². The Morgan fingerprint density at radius 1 is 0.970 bits per heavy atom. The van der Waals surface area contributed by atoms with Crippen LogP contribution in [0.3, 0.4) is 0 Å². The van der Waals surface area contributed by atoms with Crippen molar-refractivity contribution in [1.82, 2.24) is 9.30 Å². The van der Waals surface area contributed by atoms with Gasteiger partial charge in [-0.05, 0) is 75.2 Å². The fourth-order valence-corrected chi connectivity index (χ4v) is 4.67. The Labute approximate surface area is 207 Å². The Kier molecular flexibility index (Phi) is 9.66. The molecule has 0 N–H and O–H groups in total. The highest BCUT2D eigenvalue weighted by Crippen LogP contribution is 2.35. The molecule has 2 aromatic heterocycles. The van der Waals surface area contributed by atoms with E-state index < -0.39 is 0 Å². The molecular formula is C27H34Cl2N2O2. The van der Waals surface area contributed by atoms with Crippen molar-refractivity contribution in [2.75, 3.05) is 26.2 Å². The number of carbonyl (C=O) groups is 1. The van der Waals surface area contributed by atoms with E-state index in [4.69, 9.17) is 27.9 Å². The third-order valence-electron chi connectivity index (χ3n) is 5.87. The summed E-state index contributed by atoms with van der Waals surface area (Å²) < 4.78 is 7.83. The molecule has 3 aromatic rings. The molecule has 178 valence electrons. The number of hydrogen-bond donors (Lipinski definition) is 0. The molecule has 6 heteroatoms. The molecular weight excluding hydrogens is 455 g/mol. The normalized spacial score (nSPS) is 11.5. The van der Waals surface area contributed by atoms with Gasteiger partial charge in [0.05, 0.1) is 22.3 Å². The first-order chi connectivity index (χ1) is 16.0. The van der Waals surface area contributed by atoms with Crippen LogP contribution >= 0.6 is 23.2 Å². The smallest absolute Gasteiger partial charge is 0.210 e. The summed E-state index contributed by atoms with van der Waals surface area (Å²) in [7, 11) is 0. The molecule has 0 spiro atoms. The lowest BCUT2D eigenvalue weighted by Gasteiger charge is -2.22. The fourth-order valence-electron chi connectivity index (χ4n) is 4.07. The largest absolute Gasteiger partial charge is 0.490 e. The highest BCUT2D eigenvalue weighted by Gasteiger charge is 2.20. The number of ether oxygens (including phenoxy) is 1. The van der Waals surface area contributed by atoms with E-state index >= 15 is 0 Å². The van der Waals surface area contributed by atoms with Crippen LogP contribution in [-0.4, -0.2) is 41.3 Å². The molecule has 0 aliphatic rings. The number of benzene rings is 1. The zero-order valence-electron chi connectivity index (χ0n) is 19.9. The third kappa shape index (κ3) is 6.53. The Balaban J connectivity index is 1.66. The van der Waals surface area contributed by atoms with Gasteiger partial charge >= 0.3 is 0 Å². The lowest BCUT2D eigenvalue weighted by molar-refractivity contribution is 0.103. The monoisotopic (exact) mass is 488 g/mol. The van der Waals surface area contributed by atoms with Gasteiger partial charge in [0.25, 0.3) is 0 Å². The fraction of sp³-hybridized carbons (Fsp3) is 0.444. The second kappa shape index (κ2) is 12.5. The molecule has 1 aromatic carbocycles. The van der Waals surface area contributed by atoms with Crippen LogP contribution in [0.1, 0.15) is 67.6 Å². The summed E-state index contributed by atoms with van der Waals surface area (Å²) in [5.41, 5.74) is 2.96. The van der Waals surface area contributed by atoms with Crippen LogP contribution in [0.15, 0.2) is 42.6 Å². The van der Waals surface area contributed by atoms with Crippen molar-refractivity contribution in [3.8, 4) is 5.75 Å². The van der Waals surface area contributed by atoms with Gasteiger partial charge in [-0.25, -0.2) is 0 Å². The molecule has 0 bridgehead atoms. The van der Waals surface area contributed by atoms with Crippen LogP contribution < -0.4 is 4.74 Å². The van der Waals surface area contributed by atoms with Crippen LogP contribution in [0.5, 0.6) is 5.75 Å². The van der Waals surface area contributed by atoms with E-state index in [0.29, 0.717) is 33.7 Å². The third-order valence-corrected chi connectivity index (χ3v) is 6.43. The summed E-state index contributed by atoms with van der Waals surface area (Å²) in [6, 6.07) is 11.1. The van der Waals surface area contributed by atoms with Gasteiger partial charge in [-0.3, -0.25) is 4.79 Å². The Hall–Kier alpha value is -2.01. The van der Waals surface area contributed by atoms with E-state index in [9.17, 15) is 4.79 Å². The Morgan fingerprint density at radius 2 is 1.61 bits per heavy atom. The van der Waals surface area contributed by atoms with Crippen LogP contribution in [0.2, 0.25) is 10.0 Å². The highest BCUT2D eigenvalue weighted by molar-refractivity contribution is 6.38. The van der Waals surface area contributed by atoms with Crippen molar-refractivity contribution in [1.29, 1.82) is 0 Å². The summed E-state index contributed by atoms with van der Waals surface area (Å²) in [6.07, 6.45) is 7.63. The highest BCUT2D eigenvalue weighted by atomic mass is 35.5. The van der Waals surface area contributed by atoms with E-state index in [-0.39, 0.29) is 5.78 Å². The van der Waals surface area contributed by atoms with Gasteiger partial charge in [0.15, 0.2) is 5.75 Å². The number of fused-ring (bicyclic) bond motifs is 1. The van der Waals surface area contributed by atoms with Crippen molar-refractivity contribution in [3.63, 3.8) is 0 Å². The summed E-state index contributed by atoms with van der Waals surface area (Å²) in [6.45, 7) is 10.2. The number of nitrogens with zero attached hydrogens (tertiary/aromatic N) is 2. The van der Waals surface area contributed by atoms with E-state index in [1.165, 1.54) is 25.7 Å². The maximum absolute atomic E-state index is 13.3. The first-order valence-electron chi connectivity index (χ1n) is 11.9. The van der Waals surface area contributed by atoms with E-state index in [1.54, 1.807) is 12.1 Å². The minimum absolute atomic E-state index is 0.114. The Morgan fingerprint density at radius 3 is 2.24 bits per heavy atom. The molecule has 33 heavy (non-hydrogen) atoms. The lowest BCUT2D eigenvalue weighted by atomic mass is 10.1. The van der Waals surface area contributed by atoms with Crippen LogP contribution in [0, 0.1) is 6.92 Å². The number of unbranched alkanes of at least 4 members (excludes halogenated alkanes) is 2. The molecule has 0 amide bonds. The SMILES string of the molecule is CCCCN(CCCC)CCCOc1c(Cl)cc(C(=O)c2c(C)cc3ccccn23)cc1Cl. The molecule has 0 saturated heterocycles. The van der Waals surface area contributed by atoms with Crippen molar-refractivity contribution >= 4 is 34.5 Å². The Bertz CT molecular complexity index is 1050. The quantitative estimate of drug-likeness (QED) is 0.185. The van der Waals surface area contributed by atoms with Gasteiger partial charge < -0.3 is 14.0 Å². The number of halogens is 2. The molecule has 0 fully saturated rings. The molecule has 0 atom stereocenters. The van der Waals surface area contributed by atoms with Crippen molar-refractivity contribution in [2.24, 2.45) is 0 Å². The minimum atomic E-state index is -0.114.